The molecule has 1 aliphatic heterocycles. The highest BCUT2D eigenvalue weighted by Crippen LogP contribution is 2.40. The highest BCUT2D eigenvalue weighted by Gasteiger charge is 2.49. The maximum Gasteiger partial charge on any atom is 0.393 e. The quantitative estimate of drug-likeness (QED) is 0.565. The first-order valence-corrected chi connectivity index (χ1v) is 8.78. The summed E-state index contributed by atoms with van der Waals surface area (Å²) in [5.74, 6) is 1.60. The zero-order valence-electron chi connectivity index (χ0n) is 14.6. The molecule has 4 N–H and O–H groups in total. The van der Waals surface area contributed by atoms with Gasteiger partial charge in [0.2, 0.25) is 0 Å². The second-order valence-corrected chi connectivity index (χ2v) is 7.27. The molecule has 4 rings (SSSR count). The molecule has 2 aromatic rings. The Labute approximate surface area is 155 Å². The predicted octanol–water partition coefficient (Wildman–Crippen LogP) is 0.319. The second-order valence-electron chi connectivity index (χ2n) is 7.27. The molecule has 2 atom stereocenters. The smallest absolute Gasteiger partial charge is 0.353 e. The van der Waals surface area contributed by atoms with Crippen LogP contribution >= 0.6 is 0 Å². The van der Waals surface area contributed by atoms with E-state index in [-0.39, 0.29) is 36.0 Å². The lowest BCUT2D eigenvalue weighted by Gasteiger charge is -2.20. The Hall–Kier alpha value is -2.63. The predicted molar refractivity (Wildman–Crippen MR) is 92.9 cm³/mol. The van der Waals surface area contributed by atoms with Crippen molar-refractivity contribution in [3.05, 3.63) is 32.7 Å². The molecule has 28 heavy (non-hydrogen) atoms. The molecule has 0 spiro atoms. The molecule has 8 nitrogen and oxygen atoms in total. The van der Waals surface area contributed by atoms with E-state index in [2.05, 4.69) is 4.98 Å². The summed E-state index contributed by atoms with van der Waals surface area (Å²) in [4.78, 5) is 29.9. The molecule has 0 aromatic carbocycles. The summed E-state index contributed by atoms with van der Waals surface area (Å²) in [6.45, 7) is -0.833. The number of aromatic nitrogens is 3. The van der Waals surface area contributed by atoms with Gasteiger partial charge in [-0.2, -0.15) is 17.8 Å². The van der Waals surface area contributed by atoms with E-state index in [9.17, 15) is 27.2 Å². The number of anilines is 1. The van der Waals surface area contributed by atoms with E-state index in [1.54, 1.807) is 0 Å². The Morgan fingerprint density at radius 2 is 1.89 bits per heavy atom. The number of fused-ring (bicyclic) bond motifs is 1. The fraction of sp³-hybridized carbons (Fsp3) is 0.562. The van der Waals surface area contributed by atoms with Crippen LogP contribution in [-0.2, 0) is 0 Å². The third kappa shape index (κ3) is 2.82. The fourth-order valence-electron chi connectivity index (χ4n) is 3.77. The zero-order chi connectivity index (χ0) is 20.4. The van der Waals surface area contributed by atoms with E-state index < -0.39 is 41.6 Å². The summed E-state index contributed by atoms with van der Waals surface area (Å²) in [6, 6.07) is 0.648. The lowest BCUT2D eigenvalue weighted by atomic mass is 9.96. The third-order valence-electron chi connectivity index (χ3n) is 5.40. The van der Waals surface area contributed by atoms with E-state index in [1.165, 1.54) is 9.47 Å². The minimum Gasteiger partial charge on any atom is -0.353 e. The fourth-order valence-corrected chi connectivity index (χ4v) is 3.77. The molecule has 1 aliphatic carbocycles. The van der Waals surface area contributed by atoms with Crippen molar-refractivity contribution in [1.29, 1.82) is 0 Å². The van der Waals surface area contributed by atoms with Crippen LogP contribution in [-0.4, -0.2) is 40.0 Å². The Morgan fingerprint density at radius 3 is 2.43 bits per heavy atom. The molecule has 2 aromatic heterocycles. The highest BCUT2D eigenvalue weighted by molar-refractivity contribution is 5.77. The van der Waals surface area contributed by atoms with Gasteiger partial charge in [-0.05, 0) is 25.5 Å². The number of halogens is 4. The minimum absolute atomic E-state index is 0.0737. The van der Waals surface area contributed by atoms with Gasteiger partial charge >= 0.3 is 11.9 Å². The van der Waals surface area contributed by atoms with Crippen molar-refractivity contribution in [2.24, 2.45) is 17.6 Å². The molecule has 0 unspecified atom stereocenters. The van der Waals surface area contributed by atoms with E-state index in [0.29, 0.717) is 17.5 Å². The average molecular weight is 402 g/mol. The van der Waals surface area contributed by atoms with E-state index in [0.717, 1.165) is 6.07 Å². The summed E-state index contributed by atoms with van der Waals surface area (Å²) in [5.41, 5.74) is 3.70. The van der Waals surface area contributed by atoms with E-state index >= 15 is 0 Å². The van der Waals surface area contributed by atoms with Gasteiger partial charge in [-0.25, -0.2) is 14.2 Å². The first-order valence-electron chi connectivity index (χ1n) is 8.78. The normalized spacial score (nSPS) is 23.0. The summed E-state index contributed by atoms with van der Waals surface area (Å²) < 4.78 is 56.1. The van der Waals surface area contributed by atoms with Gasteiger partial charge < -0.3 is 16.5 Å². The van der Waals surface area contributed by atoms with Crippen molar-refractivity contribution < 1.29 is 17.6 Å². The van der Waals surface area contributed by atoms with Crippen LogP contribution in [0.4, 0.5) is 23.4 Å². The van der Waals surface area contributed by atoms with Gasteiger partial charge in [-0.15, -0.1) is 0 Å². The molecule has 0 amide bonds. The number of alkyl halides is 3. The Bertz CT molecular complexity index is 1060. The molecule has 12 heteroatoms. The highest BCUT2D eigenvalue weighted by atomic mass is 19.4. The van der Waals surface area contributed by atoms with Gasteiger partial charge in [0.25, 0.3) is 5.56 Å². The standard InChI is InChI=1S/C16H18F4N6O2/c17-11-3-9-12(25(8-1-2-8)15(28)26(22)14(9)27)23-13(11)24-5-7(4-21)10(6-24)16(18,19)20/h3,7-8,10H,1-2,4-6,21-22H2/t7-,10-/m0/s1. The van der Waals surface area contributed by atoms with Gasteiger partial charge in [0.05, 0.1) is 11.3 Å². The number of nitrogen functional groups attached to an aromatic ring is 1. The summed E-state index contributed by atoms with van der Waals surface area (Å²) in [7, 11) is 0. The summed E-state index contributed by atoms with van der Waals surface area (Å²) >= 11 is 0. The van der Waals surface area contributed by atoms with Gasteiger partial charge in [0, 0.05) is 25.0 Å². The van der Waals surface area contributed by atoms with Crippen LogP contribution in [0, 0.1) is 17.7 Å². The van der Waals surface area contributed by atoms with Crippen LogP contribution in [0.5, 0.6) is 0 Å². The Kier molecular flexibility index (Phi) is 4.14. The lowest BCUT2D eigenvalue weighted by Crippen LogP contribution is -2.45. The largest absolute Gasteiger partial charge is 0.393 e. The van der Waals surface area contributed by atoms with Crippen LogP contribution in [0.25, 0.3) is 11.0 Å². The number of nitrogens with two attached hydrogens (primary N) is 2. The zero-order valence-corrected chi connectivity index (χ0v) is 14.6. The molecular weight excluding hydrogens is 384 g/mol. The monoisotopic (exact) mass is 402 g/mol. The summed E-state index contributed by atoms with van der Waals surface area (Å²) in [6.07, 6.45) is -3.15. The molecule has 152 valence electrons. The number of hydrogen-bond acceptors (Lipinski definition) is 6. The van der Waals surface area contributed by atoms with Crippen molar-refractivity contribution in [2.75, 3.05) is 30.4 Å². The van der Waals surface area contributed by atoms with Crippen LogP contribution in [0.3, 0.4) is 0 Å². The lowest BCUT2D eigenvalue weighted by molar-refractivity contribution is -0.178. The van der Waals surface area contributed by atoms with E-state index in [1.807, 2.05) is 0 Å². The average Bonchev–Trinajstić information content (AvgIpc) is 3.36. The molecule has 1 saturated heterocycles. The molecule has 1 saturated carbocycles. The van der Waals surface area contributed by atoms with Crippen molar-refractivity contribution in [3.8, 4) is 0 Å². The molecule has 0 bridgehead atoms. The first-order chi connectivity index (χ1) is 13.1. The van der Waals surface area contributed by atoms with Crippen LogP contribution in [0.15, 0.2) is 15.7 Å². The SMILES string of the molecule is NC[C@H]1CN(c2nc3c(cc2F)c(=O)n(N)c(=O)n3C2CC2)C[C@@H]1C(F)(F)F. The van der Waals surface area contributed by atoms with Gasteiger partial charge in [-0.3, -0.25) is 9.36 Å². The van der Waals surface area contributed by atoms with E-state index in [4.69, 9.17) is 11.6 Å². The summed E-state index contributed by atoms with van der Waals surface area (Å²) in [5, 5.41) is -0.197. The number of pyridine rings is 1. The van der Waals surface area contributed by atoms with Crippen LogP contribution in [0.2, 0.25) is 0 Å². The Morgan fingerprint density at radius 1 is 1.21 bits per heavy atom. The topological polar surface area (TPSA) is 112 Å². The molecular formula is C16H18F4N6O2. The van der Waals surface area contributed by atoms with Crippen molar-refractivity contribution in [2.45, 2.75) is 25.1 Å². The van der Waals surface area contributed by atoms with Crippen LogP contribution in [0.1, 0.15) is 18.9 Å². The third-order valence-corrected chi connectivity index (χ3v) is 5.40. The van der Waals surface area contributed by atoms with Gasteiger partial charge in [-0.1, -0.05) is 0 Å². The number of nitrogens with zero attached hydrogens (tertiary/aromatic N) is 4. The minimum atomic E-state index is -4.48. The van der Waals surface area contributed by atoms with Crippen molar-refractivity contribution in [3.63, 3.8) is 0 Å². The van der Waals surface area contributed by atoms with Crippen molar-refractivity contribution >= 4 is 16.9 Å². The maximum atomic E-state index is 14.7. The maximum absolute atomic E-state index is 14.7. The van der Waals surface area contributed by atoms with Gasteiger partial charge in [0.1, 0.15) is 0 Å². The second kappa shape index (κ2) is 6.19. The van der Waals surface area contributed by atoms with Gasteiger partial charge in [0.15, 0.2) is 17.3 Å². The molecule has 2 fully saturated rings. The molecule has 2 aliphatic rings. The molecule has 0 radical (unpaired) electrons. The van der Waals surface area contributed by atoms with Crippen molar-refractivity contribution in [1.82, 2.24) is 14.2 Å². The Balaban J connectivity index is 1.86. The molecule has 3 heterocycles. The number of hydrogen-bond donors (Lipinski definition) is 2. The number of rotatable bonds is 3. The first kappa shape index (κ1) is 18.7. The van der Waals surface area contributed by atoms with Crippen LogP contribution < -0.4 is 27.7 Å².